The summed E-state index contributed by atoms with van der Waals surface area (Å²) in [6.45, 7) is 1.31. The molecule has 0 aromatic heterocycles. The van der Waals surface area contributed by atoms with Gasteiger partial charge in [0.15, 0.2) is 11.5 Å². The van der Waals surface area contributed by atoms with E-state index in [0.717, 1.165) is 12.8 Å². The molecule has 0 radical (unpaired) electrons. The number of nitrogens with one attached hydrogen (secondary N) is 1. The lowest BCUT2D eigenvalue weighted by Crippen LogP contribution is -2.45. The van der Waals surface area contributed by atoms with Gasteiger partial charge >= 0.3 is 0 Å². The minimum atomic E-state index is -0.595. The van der Waals surface area contributed by atoms with Crippen molar-refractivity contribution in [3.8, 4) is 11.5 Å². The summed E-state index contributed by atoms with van der Waals surface area (Å²) in [5, 5.41) is 2.87. The number of hydrogen-bond donors (Lipinski definition) is 1. The summed E-state index contributed by atoms with van der Waals surface area (Å²) in [7, 11) is 0. The molecule has 1 aromatic carbocycles. The van der Waals surface area contributed by atoms with E-state index in [0.29, 0.717) is 30.8 Å². The molecule has 1 aliphatic heterocycles. The minimum Gasteiger partial charge on any atom is -0.485 e. The predicted octanol–water partition coefficient (Wildman–Crippen LogP) is 2.68. The molecule has 5 nitrogen and oxygen atoms in total. The Morgan fingerprint density at radius 1 is 1.13 bits per heavy atom. The van der Waals surface area contributed by atoms with Crippen LogP contribution in [0.5, 0.6) is 11.5 Å². The number of carbonyl (C=O) groups excluding carboxylic acids is 1. The van der Waals surface area contributed by atoms with Crippen molar-refractivity contribution in [3.05, 3.63) is 24.3 Å². The van der Waals surface area contributed by atoms with E-state index in [-0.39, 0.29) is 12.5 Å². The van der Waals surface area contributed by atoms with Crippen LogP contribution in [0.4, 0.5) is 0 Å². The summed E-state index contributed by atoms with van der Waals surface area (Å²) in [4.78, 5) is 12.1. The molecule has 2 aliphatic rings. The van der Waals surface area contributed by atoms with Crippen molar-refractivity contribution in [1.29, 1.82) is 0 Å². The van der Waals surface area contributed by atoms with Gasteiger partial charge in [0.2, 0.25) is 6.10 Å². The Hall–Kier alpha value is -1.75. The molecule has 1 N–H and O–H groups in total. The molecule has 0 unspecified atom stereocenters. The van der Waals surface area contributed by atoms with Crippen molar-refractivity contribution in [2.75, 3.05) is 19.8 Å². The monoisotopic (exact) mass is 319 g/mol. The summed E-state index contributed by atoms with van der Waals surface area (Å²) in [6.07, 6.45) is 7.19. The van der Waals surface area contributed by atoms with Crippen LogP contribution in [-0.2, 0) is 9.53 Å². The molecule has 126 valence electrons. The largest absolute Gasteiger partial charge is 0.485 e. The Morgan fingerprint density at radius 2 is 1.87 bits per heavy atom. The lowest BCUT2D eigenvalue weighted by Gasteiger charge is -2.25. The van der Waals surface area contributed by atoms with Gasteiger partial charge in [-0.3, -0.25) is 4.79 Å². The van der Waals surface area contributed by atoms with Crippen LogP contribution >= 0.6 is 0 Å². The second-order valence-corrected chi connectivity index (χ2v) is 6.14. The number of hydrogen-bond acceptors (Lipinski definition) is 4. The number of para-hydroxylation sites is 2. The first-order valence-electron chi connectivity index (χ1n) is 8.61. The van der Waals surface area contributed by atoms with E-state index in [2.05, 4.69) is 5.32 Å². The molecular formula is C18H25NO4. The Morgan fingerprint density at radius 3 is 2.65 bits per heavy atom. The second-order valence-electron chi connectivity index (χ2n) is 6.14. The topological polar surface area (TPSA) is 56.8 Å². The Balaban J connectivity index is 1.37. The van der Waals surface area contributed by atoms with E-state index >= 15 is 0 Å². The van der Waals surface area contributed by atoms with Crippen LogP contribution in [0.25, 0.3) is 0 Å². The zero-order chi connectivity index (χ0) is 15.9. The van der Waals surface area contributed by atoms with Gasteiger partial charge in [-0.25, -0.2) is 0 Å². The lowest BCUT2D eigenvalue weighted by atomic mass is 10.1. The van der Waals surface area contributed by atoms with E-state index in [9.17, 15) is 4.79 Å². The molecule has 0 spiro atoms. The molecule has 1 aromatic rings. The SMILES string of the molecule is O=C(NCCOC1CCCCCC1)[C@@H]1COc2ccccc2O1. The lowest BCUT2D eigenvalue weighted by molar-refractivity contribution is -0.130. The molecule has 0 saturated heterocycles. The van der Waals surface area contributed by atoms with Gasteiger partial charge < -0.3 is 19.5 Å². The second kappa shape index (κ2) is 8.20. The van der Waals surface area contributed by atoms with Gasteiger partial charge in [-0.05, 0) is 25.0 Å². The molecule has 1 aliphatic carbocycles. The third kappa shape index (κ3) is 4.61. The smallest absolute Gasteiger partial charge is 0.264 e. The molecular weight excluding hydrogens is 294 g/mol. The van der Waals surface area contributed by atoms with Crippen molar-refractivity contribution in [3.63, 3.8) is 0 Å². The number of fused-ring (bicyclic) bond motifs is 1. The predicted molar refractivity (Wildman–Crippen MR) is 86.8 cm³/mol. The van der Waals surface area contributed by atoms with Crippen LogP contribution < -0.4 is 14.8 Å². The van der Waals surface area contributed by atoms with Gasteiger partial charge in [0, 0.05) is 6.54 Å². The van der Waals surface area contributed by atoms with E-state index in [1.54, 1.807) is 0 Å². The summed E-state index contributed by atoms with van der Waals surface area (Å²) < 4.78 is 17.1. The van der Waals surface area contributed by atoms with E-state index in [1.165, 1.54) is 25.7 Å². The third-order valence-corrected chi connectivity index (χ3v) is 4.36. The van der Waals surface area contributed by atoms with Gasteiger partial charge in [-0.15, -0.1) is 0 Å². The van der Waals surface area contributed by atoms with Crippen LogP contribution in [0.3, 0.4) is 0 Å². The number of ether oxygens (including phenoxy) is 3. The summed E-state index contributed by atoms with van der Waals surface area (Å²) >= 11 is 0. The Bertz CT molecular complexity index is 511. The summed E-state index contributed by atoms with van der Waals surface area (Å²) in [5.74, 6) is 1.16. The van der Waals surface area contributed by atoms with Gasteiger partial charge in [-0.1, -0.05) is 37.8 Å². The fourth-order valence-corrected chi connectivity index (χ4v) is 3.07. The molecule has 0 bridgehead atoms. The van der Waals surface area contributed by atoms with E-state index < -0.39 is 6.10 Å². The first-order valence-corrected chi connectivity index (χ1v) is 8.61. The van der Waals surface area contributed by atoms with Crippen LogP contribution in [0.15, 0.2) is 24.3 Å². The molecule has 1 saturated carbocycles. The summed E-state index contributed by atoms with van der Waals surface area (Å²) in [5.41, 5.74) is 0. The van der Waals surface area contributed by atoms with Crippen molar-refractivity contribution >= 4 is 5.91 Å². The average molecular weight is 319 g/mol. The zero-order valence-electron chi connectivity index (χ0n) is 13.5. The maximum absolute atomic E-state index is 12.1. The average Bonchev–Trinajstić information content (AvgIpc) is 2.87. The van der Waals surface area contributed by atoms with Crippen LogP contribution in [0, 0.1) is 0 Å². The quantitative estimate of drug-likeness (QED) is 0.670. The first kappa shape index (κ1) is 16.1. The third-order valence-electron chi connectivity index (χ3n) is 4.36. The normalized spacial score (nSPS) is 21.5. The van der Waals surface area contributed by atoms with Gasteiger partial charge in [0.05, 0.1) is 12.7 Å². The molecule has 1 atom stereocenters. The van der Waals surface area contributed by atoms with Gasteiger partial charge in [0.25, 0.3) is 5.91 Å². The first-order chi connectivity index (χ1) is 11.3. The maximum atomic E-state index is 12.1. The highest BCUT2D eigenvalue weighted by Crippen LogP contribution is 2.30. The summed E-state index contributed by atoms with van der Waals surface area (Å²) in [6, 6.07) is 7.39. The minimum absolute atomic E-state index is 0.149. The zero-order valence-corrected chi connectivity index (χ0v) is 13.5. The van der Waals surface area contributed by atoms with Crippen molar-refractivity contribution in [2.24, 2.45) is 0 Å². The molecule has 1 fully saturated rings. The molecule has 1 heterocycles. The standard InChI is InChI=1S/C18H25NO4/c20-18(17-13-22-15-9-5-6-10-16(15)23-17)19-11-12-21-14-7-3-1-2-4-8-14/h5-6,9-10,14,17H,1-4,7-8,11-13H2,(H,19,20)/t17-/m0/s1. The van der Waals surface area contributed by atoms with Crippen molar-refractivity contribution in [2.45, 2.75) is 50.7 Å². The number of rotatable bonds is 5. The highest BCUT2D eigenvalue weighted by molar-refractivity contribution is 5.81. The Kier molecular flexibility index (Phi) is 5.75. The molecule has 3 rings (SSSR count). The van der Waals surface area contributed by atoms with Crippen LogP contribution in [-0.4, -0.2) is 37.9 Å². The molecule has 1 amide bonds. The Labute approximate surface area is 137 Å². The van der Waals surface area contributed by atoms with Crippen molar-refractivity contribution in [1.82, 2.24) is 5.32 Å². The van der Waals surface area contributed by atoms with E-state index in [4.69, 9.17) is 14.2 Å². The van der Waals surface area contributed by atoms with Gasteiger partial charge in [0.1, 0.15) is 6.61 Å². The molecule has 5 heteroatoms. The van der Waals surface area contributed by atoms with Gasteiger partial charge in [-0.2, -0.15) is 0 Å². The number of carbonyl (C=O) groups is 1. The highest BCUT2D eigenvalue weighted by atomic mass is 16.6. The van der Waals surface area contributed by atoms with E-state index in [1.807, 2.05) is 24.3 Å². The van der Waals surface area contributed by atoms with Crippen LogP contribution in [0.1, 0.15) is 38.5 Å². The maximum Gasteiger partial charge on any atom is 0.264 e. The number of amides is 1. The van der Waals surface area contributed by atoms with Crippen LogP contribution in [0.2, 0.25) is 0 Å². The molecule has 23 heavy (non-hydrogen) atoms. The number of benzene rings is 1. The fraction of sp³-hybridized carbons (Fsp3) is 0.611. The van der Waals surface area contributed by atoms with Crippen molar-refractivity contribution < 1.29 is 19.0 Å². The highest BCUT2D eigenvalue weighted by Gasteiger charge is 2.26. The fourth-order valence-electron chi connectivity index (χ4n) is 3.07.